The van der Waals surface area contributed by atoms with Crippen LogP contribution in [-0.4, -0.2) is 22.5 Å². The predicted molar refractivity (Wildman–Crippen MR) is 75.8 cm³/mol. The van der Waals surface area contributed by atoms with E-state index in [-0.39, 0.29) is 5.56 Å². The minimum atomic E-state index is -0.0629. The lowest BCUT2D eigenvalue weighted by Gasteiger charge is -2.08. The van der Waals surface area contributed by atoms with E-state index in [4.69, 9.17) is 11.6 Å². The molecule has 1 fully saturated rings. The first kappa shape index (κ1) is 12.6. The number of halogens is 1. The zero-order valence-corrected chi connectivity index (χ0v) is 11.4. The van der Waals surface area contributed by atoms with E-state index in [0.717, 1.165) is 31.6 Å². The van der Waals surface area contributed by atoms with Gasteiger partial charge >= 0.3 is 0 Å². The van der Waals surface area contributed by atoms with E-state index in [1.54, 1.807) is 24.4 Å². The molecule has 2 aromatic heterocycles. The van der Waals surface area contributed by atoms with E-state index >= 15 is 0 Å². The van der Waals surface area contributed by atoms with Crippen LogP contribution in [0.5, 0.6) is 0 Å². The summed E-state index contributed by atoms with van der Waals surface area (Å²) in [7, 11) is 0. The molecule has 0 saturated carbocycles. The van der Waals surface area contributed by atoms with Gasteiger partial charge in [0.2, 0.25) is 0 Å². The number of aryl methyl sites for hydroxylation is 1. The second kappa shape index (κ2) is 5.31. The molecule has 3 rings (SSSR count). The summed E-state index contributed by atoms with van der Waals surface area (Å²) in [5.74, 6) is 0.713. The molecule has 1 aliphatic heterocycles. The Labute approximate surface area is 116 Å². The van der Waals surface area contributed by atoms with Crippen molar-refractivity contribution >= 4 is 17.2 Å². The molecular formula is C14H16ClN3O. The zero-order chi connectivity index (χ0) is 13.2. The molecule has 1 saturated heterocycles. The molecule has 100 valence electrons. The van der Waals surface area contributed by atoms with Gasteiger partial charge < -0.3 is 5.32 Å². The van der Waals surface area contributed by atoms with Gasteiger partial charge in [0.25, 0.3) is 5.56 Å². The minimum Gasteiger partial charge on any atom is -0.316 e. The topological polar surface area (TPSA) is 46.4 Å². The average Bonchev–Trinajstić information content (AvgIpc) is 2.90. The molecular weight excluding hydrogens is 262 g/mol. The van der Waals surface area contributed by atoms with Gasteiger partial charge in [0.1, 0.15) is 5.65 Å². The van der Waals surface area contributed by atoms with Gasteiger partial charge in [0.15, 0.2) is 0 Å². The molecule has 4 nitrogen and oxygen atoms in total. The normalized spacial score (nSPS) is 19.1. The molecule has 3 heterocycles. The van der Waals surface area contributed by atoms with Gasteiger partial charge in [0.05, 0.1) is 5.02 Å². The predicted octanol–water partition coefficient (Wildman–Crippen LogP) is 1.89. The van der Waals surface area contributed by atoms with Crippen LogP contribution in [0.4, 0.5) is 0 Å². The maximum absolute atomic E-state index is 12.0. The molecule has 1 aliphatic rings. The Bertz CT molecular complexity index is 647. The highest BCUT2D eigenvalue weighted by molar-refractivity contribution is 6.30. The van der Waals surface area contributed by atoms with Crippen molar-refractivity contribution in [1.82, 2.24) is 14.7 Å². The molecule has 0 radical (unpaired) electrons. The quantitative estimate of drug-likeness (QED) is 0.932. The van der Waals surface area contributed by atoms with Crippen LogP contribution in [-0.2, 0) is 6.42 Å². The summed E-state index contributed by atoms with van der Waals surface area (Å²) in [4.78, 5) is 16.5. The van der Waals surface area contributed by atoms with Crippen molar-refractivity contribution < 1.29 is 0 Å². The SMILES string of the molecule is O=c1cc(CCC2CCNC2)nc2ccc(Cl)cn12. The second-order valence-corrected chi connectivity index (χ2v) is 5.50. The number of hydrogen-bond acceptors (Lipinski definition) is 3. The van der Waals surface area contributed by atoms with E-state index in [2.05, 4.69) is 10.3 Å². The first-order valence-corrected chi connectivity index (χ1v) is 6.99. The van der Waals surface area contributed by atoms with Crippen LogP contribution < -0.4 is 10.9 Å². The van der Waals surface area contributed by atoms with Crippen molar-refractivity contribution in [3.63, 3.8) is 0 Å². The number of rotatable bonds is 3. The van der Waals surface area contributed by atoms with Gasteiger partial charge in [-0.05, 0) is 50.4 Å². The first-order chi connectivity index (χ1) is 9.22. The van der Waals surface area contributed by atoms with E-state index in [1.165, 1.54) is 10.8 Å². The highest BCUT2D eigenvalue weighted by Crippen LogP contribution is 2.15. The van der Waals surface area contributed by atoms with Gasteiger partial charge in [-0.15, -0.1) is 0 Å². The largest absolute Gasteiger partial charge is 0.316 e. The van der Waals surface area contributed by atoms with Crippen LogP contribution in [0.25, 0.3) is 5.65 Å². The number of aromatic nitrogens is 2. The summed E-state index contributed by atoms with van der Waals surface area (Å²) in [5.41, 5.74) is 1.47. The first-order valence-electron chi connectivity index (χ1n) is 6.61. The highest BCUT2D eigenvalue weighted by atomic mass is 35.5. The van der Waals surface area contributed by atoms with Crippen molar-refractivity contribution in [1.29, 1.82) is 0 Å². The number of fused-ring (bicyclic) bond motifs is 1. The van der Waals surface area contributed by atoms with Crippen LogP contribution in [0.1, 0.15) is 18.5 Å². The summed E-state index contributed by atoms with van der Waals surface area (Å²) in [6.45, 7) is 2.19. The minimum absolute atomic E-state index is 0.0629. The van der Waals surface area contributed by atoms with Crippen LogP contribution in [0.15, 0.2) is 29.2 Å². The average molecular weight is 278 g/mol. The third kappa shape index (κ3) is 2.80. The molecule has 0 aromatic carbocycles. The van der Waals surface area contributed by atoms with E-state index in [9.17, 15) is 4.79 Å². The van der Waals surface area contributed by atoms with Crippen LogP contribution in [0.3, 0.4) is 0 Å². The standard InChI is InChI=1S/C14H16ClN3O/c15-11-2-4-13-17-12(7-14(19)18(13)9-11)3-1-10-5-6-16-8-10/h2,4,7,9-10,16H,1,3,5-6,8H2. The summed E-state index contributed by atoms with van der Waals surface area (Å²) in [6.07, 6.45) is 4.78. The molecule has 0 aliphatic carbocycles. The van der Waals surface area contributed by atoms with Crippen LogP contribution in [0, 0.1) is 5.92 Å². The fourth-order valence-corrected chi connectivity index (χ4v) is 2.73. The van der Waals surface area contributed by atoms with Crippen molar-refractivity contribution in [3.8, 4) is 0 Å². The van der Waals surface area contributed by atoms with Crippen molar-refractivity contribution in [2.75, 3.05) is 13.1 Å². The smallest absolute Gasteiger partial charge is 0.258 e. The Hall–Kier alpha value is -1.39. The molecule has 2 aromatic rings. The second-order valence-electron chi connectivity index (χ2n) is 5.06. The summed E-state index contributed by atoms with van der Waals surface area (Å²) in [5, 5.41) is 3.90. The van der Waals surface area contributed by atoms with Crippen molar-refractivity contribution in [2.24, 2.45) is 5.92 Å². The molecule has 0 spiro atoms. The van der Waals surface area contributed by atoms with Crippen LogP contribution in [0.2, 0.25) is 5.02 Å². The fourth-order valence-electron chi connectivity index (χ4n) is 2.57. The Kier molecular flexibility index (Phi) is 3.53. The molecule has 19 heavy (non-hydrogen) atoms. The molecule has 1 atom stereocenters. The maximum Gasteiger partial charge on any atom is 0.258 e. The Balaban J connectivity index is 1.84. The number of hydrogen-bond donors (Lipinski definition) is 1. The number of nitrogens with one attached hydrogen (secondary N) is 1. The summed E-state index contributed by atoms with van der Waals surface area (Å²) >= 11 is 5.88. The lowest BCUT2D eigenvalue weighted by Crippen LogP contribution is -2.16. The molecule has 1 unspecified atom stereocenters. The lowest BCUT2D eigenvalue weighted by molar-refractivity contribution is 0.529. The number of pyridine rings is 1. The lowest BCUT2D eigenvalue weighted by atomic mass is 10.0. The Morgan fingerprint density at radius 3 is 3.16 bits per heavy atom. The fraction of sp³-hybridized carbons (Fsp3) is 0.429. The summed E-state index contributed by atoms with van der Waals surface area (Å²) in [6, 6.07) is 5.16. The van der Waals surface area contributed by atoms with Gasteiger partial charge in [0, 0.05) is 18.0 Å². The number of nitrogens with zero attached hydrogens (tertiary/aromatic N) is 2. The van der Waals surface area contributed by atoms with Crippen LogP contribution >= 0.6 is 11.6 Å². The third-order valence-electron chi connectivity index (χ3n) is 3.65. The third-order valence-corrected chi connectivity index (χ3v) is 3.87. The van der Waals surface area contributed by atoms with E-state index in [0.29, 0.717) is 16.6 Å². The maximum atomic E-state index is 12.0. The Morgan fingerprint density at radius 2 is 2.37 bits per heavy atom. The molecule has 1 N–H and O–H groups in total. The van der Waals surface area contributed by atoms with Crippen molar-refractivity contribution in [3.05, 3.63) is 45.5 Å². The summed E-state index contributed by atoms with van der Waals surface area (Å²) < 4.78 is 1.49. The van der Waals surface area contributed by atoms with Gasteiger partial charge in [-0.1, -0.05) is 11.6 Å². The van der Waals surface area contributed by atoms with Gasteiger partial charge in [-0.3, -0.25) is 9.20 Å². The van der Waals surface area contributed by atoms with E-state index in [1.807, 2.05) is 0 Å². The molecule has 0 amide bonds. The van der Waals surface area contributed by atoms with Crippen molar-refractivity contribution in [2.45, 2.75) is 19.3 Å². The molecule has 5 heteroatoms. The van der Waals surface area contributed by atoms with Gasteiger partial charge in [-0.2, -0.15) is 0 Å². The Morgan fingerprint density at radius 1 is 1.47 bits per heavy atom. The molecule has 0 bridgehead atoms. The monoisotopic (exact) mass is 277 g/mol. The highest BCUT2D eigenvalue weighted by Gasteiger charge is 2.14. The van der Waals surface area contributed by atoms with Gasteiger partial charge in [-0.25, -0.2) is 4.98 Å². The van der Waals surface area contributed by atoms with E-state index < -0.39 is 0 Å². The zero-order valence-electron chi connectivity index (χ0n) is 10.6.